The number of carboxylic acid groups (broad SMARTS) is 1. The Labute approximate surface area is 87.0 Å². The van der Waals surface area contributed by atoms with E-state index in [0.717, 1.165) is 17.7 Å². The number of hydrogen-bond donors (Lipinski definition) is 2. The molecule has 0 saturated heterocycles. The van der Waals surface area contributed by atoms with Gasteiger partial charge in [0, 0.05) is 38.1 Å². The van der Waals surface area contributed by atoms with Crippen molar-refractivity contribution >= 4 is 11.9 Å². The number of amides is 1. The minimum absolute atomic E-state index is 0.392. The smallest absolute Gasteiger partial charge is 0.328 e. The summed E-state index contributed by atoms with van der Waals surface area (Å²) in [5.74, 6) is -1.55. The molecule has 5 heteroatoms. The summed E-state index contributed by atoms with van der Waals surface area (Å²) in [6.07, 6.45) is 5.54. The fourth-order valence-corrected chi connectivity index (χ4v) is 1.06. The third-order valence-corrected chi connectivity index (χ3v) is 1.74. The van der Waals surface area contributed by atoms with Gasteiger partial charge in [-0.3, -0.25) is 4.79 Å². The molecule has 1 aromatic heterocycles. The van der Waals surface area contributed by atoms with Crippen molar-refractivity contribution in [2.45, 2.75) is 6.54 Å². The van der Waals surface area contributed by atoms with Gasteiger partial charge in [-0.25, -0.2) is 4.79 Å². The van der Waals surface area contributed by atoms with E-state index in [9.17, 15) is 9.59 Å². The van der Waals surface area contributed by atoms with Crippen LogP contribution in [0.1, 0.15) is 5.56 Å². The summed E-state index contributed by atoms with van der Waals surface area (Å²) in [5.41, 5.74) is 0.967. The molecule has 0 atom stereocenters. The van der Waals surface area contributed by atoms with Gasteiger partial charge in [0.05, 0.1) is 0 Å². The van der Waals surface area contributed by atoms with E-state index in [2.05, 4.69) is 5.32 Å². The van der Waals surface area contributed by atoms with Crippen LogP contribution < -0.4 is 5.32 Å². The minimum atomic E-state index is -1.13. The van der Waals surface area contributed by atoms with Crippen molar-refractivity contribution in [1.29, 1.82) is 0 Å². The molecule has 1 amide bonds. The Morgan fingerprint density at radius 3 is 2.80 bits per heavy atom. The van der Waals surface area contributed by atoms with Crippen LogP contribution in [0, 0.1) is 0 Å². The molecule has 1 aromatic rings. The van der Waals surface area contributed by atoms with Crippen molar-refractivity contribution in [3.8, 4) is 0 Å². The van der Waals surface area contributed by atoms with Crippen molar-refractivity contribution in [3.05, 3.63) is 36.2 Å². The molecule has 80 valence electrons. The number of nitrogens with one attached hydrogen (secondary N) is 1. The van der Waals surface area contributed by atoms with Crippen LogP contribution in [0.25, 0.3) is 0 Å². The van der Waals surface area contributed by atoms with E-state index in [4.69, 9.17) is 5.11 Å². The Kier molecular flexibility index (Phi) is 3.68. The van der Waals surface area contributed by atoms with Gasteiger partial charge in [-0.1, -0.05) is 0 Å². The Balaban J connectivity index is 2.37. The quantitative estimate of drug-likeness (QED) is 0.698. The molecule has 0 aliphatic heterocycles. The normalized spacial score (nSPS) is 10.5. The zero-order valence-corrected chi connectivity index (χ0v) is 8.30. The Hall–Kier alpha value is -2.04. The van der Waals surface area contributed by atoms with Crippen LogP contribution in [0.5, 0.6) is 0 Å². The van der Waals surface area contributed by atoms with Crippen molar-refractivity contribution < 1.29 is 14.7 Å². The molecular weight excluding hydrogens is 196 g/mol. The van der Waals surface area contributed by atoms with Crippen molar-refractivity contribution in [1.82, 2.24) is 9.88 Å². The molecule has 0 aliphatic carbocycles. The number of rotatable bonds is 4. The van der Waals surface area contributed by atoms with Gasteiger partial charge in [-0.2, -0.15) is 0 Å². The van der Waals surface area contributed by atoms with Crippen LogP contribution in [-0.4, -0.2) is 21.6 Å². The number of aromatic nitrogens is 1. The SMILES string of the molecule is Cn1ccc(CNC(=O)/C=C/C(=O)O)c1. The summed E-state index contributed by atoms with van der Waals surface area (Å²) >= 11 is 0. The van der Waals surface area contributed by atoms with Crippen molar-refractivity contribution in [3.63, 3.8) is 0 Å². The third kappa shape index (κ3) is 4.12. The molecule has 0 aliphatic rings. The Bertz CT molecular complexity index is 393. The first-order valence-corrected chi connectivity index (χ1v) is 4.37. The first-order valence-electron chi connectivity index (χ1n) is 4.37. The van der Waals surface area contributed by atoms with E-state index >= 15 is 0 Å². The number of hydrogen-bond acceptors (Lipinski definition) is 2. The molecule has 15 heavy (non-hydrogen) atoms. The molecule has 0 bridgehead atoms. The average molecular weight is 208 g/mol. The zero-order valence-electron chi connectivity index (χ0n) is 8.30. The summed E-state index contributed by atoms with van der Waals surface area (Å²) in [7, 11) is 1.88. The fourth-order valence-electron chi connectivity index (χ4n) is 1.06. The second-order valence-corrected chi connectivity index (χ2v) is 3.07. The molecule has 0 radical (unpaired) electrons. The van der Waals surface area contributed by atoms with Gasteiger partial charge < -0.3 is 15.0 Å². The summed E-state index contributed by atoms with van der Waals surface area (Å²) in [6.45, 7) is 0.392. The topological polar surface area (TPSA) is 71.3 Å². The highest BCUT2D eigenvalue weighted by Gasteiger charge is 1.98. The zero-order chi connectivity index (χ0) is 11.3. The van der Waals surface area contributed by atoms with Crippen LogP contribution in [0.15, 0.2) is 30.6 Å². The summed E-state index contributed by atoms with van der Waals surface area (Å²) in [6, 6.07) is 1.88. The van der Waals surface area contributed by atoms with E-state index in [-0.39, 0.29) is 0 Å². The van der Waals surface area contributed by atoms with Gasteiger partial charge >= 0.3 is 5.97 Å². The number of nitrogens with zero attached hydrogens (tertiary/aromatic N) is 1. The number of aliphatic carboxylic acids is 1. The average Bonchev–Trinajstić information content (AvgIpc) is 2.58. The van der Waals surface area contributed by atoms with Gasteiger partial charge in [0.1, 0.15) is 0 Å². The van der Waals surface area contributed by atoms with E-state index in [1.807, 2.05) is 30.1 Å². The number of carboxylic acids is 1. The minimum Gasteiger partial charge on any atom is -0.478 e. The van der Waals surface area contributed by atoms with Gasteiger partial charge in [-0.15, -0.1) is 0 Å². The van der Waals surface area contributed by atoms with Crippen molar-refractivity contribution in [2.24, 2.45) is 7.05 Å². The van der Waals surface area contributed by atoms with E-state index in [1.54, 1.807) is 0 Å². The molecule has 1 heterocycles. The largest absolute Gasteiger partial charge is 0.478 e. The Morgan fingerprint density at radius 2 is 2.27 bits per heavy atom. The molecule has 0 unspecified atom stereocenters. The molecule has 1 rings (SSSR count). The van der Waals surface area contributed by atoms with Crippen LogP contribution in [-0.2, 0) is 23.2 Å². The van der Waals surface area contributed by atoms with Crippen LogP contribution in [0.4, 0.5) is 0 Å². The molecule has 0 fully saturated rings. The lowest BCUT2D eigenvalue weighted by atomic mass is 10.3. The summed E-state index contributed by atoms with van der Waals surface area (Å²) in [5, 5.41) is 10.8. The molecule has 0 saturated carbocycles. The number of carbonyl (C=O) groups is 2. The highest BCUT2D eigenvalue weighted by atomic mass is 16.4. The highest BCUT2D eigenvalue weighted by Crippen LogP contribution is 1.98. The van der Waals surface area contributed by atoms with E-state index in [0.29, 0.717) is 6.54 Å². The van der Waals surface area contributed by atoms with E-state index < -0.39 is 11.9 Å². The first-order chi connectivity index (χ1) is 7.08. The molecule has 5 nitrogen and oxygen atoms in total. The second-order valence-electron chi connectivity index (χ2n) is 3.07. The lowest BCUT2D eigenvalue weighted by Gasteiger charge is -1.98. The number of carbonyl (C=O) groups excluding carboxylic acids is 1. The van der Waals surface area contributed by atoms with Crippen molar-refractivity contribution in [2.75, 3.05) is 0 Å². The maximum Gasteiger partial charge on any atom is 0.328 e. The fraction of sp³-hybridized carbons (Fsp3) is 0.200. The molecule has 2 N–H and O–H groups in total. The van der Waals surface area contributed by atoms with Crippen LogP contribution in [0.2, 0.25) is 0 Å². The highest BCUT2D eigenvalue weighted by molar-refractivity contribution is 5.93. The standard InChI is InChI=1S/C10H12N2O3/c1-12-5-4-8(7-12)6-11-9(13)2-3-10(14)15/h2-5,7H,6H2,1H3,(H,11,13)(H,14,15)/b3-2+. The Morgan fingerprint density at radius 1 is 1.53 bits per heavy atom. The lowest BCUT2D eigenvalue weighted by Crippen LogP contribution is -2.20. The summed E-state index contributed by atoms with van der Waals surface area (Å²) in [4.78, 5) is 21.2. The van der Waals surface area contributed by atoms with Gasteiger partial charge in [-0.05, 0) is 11.6 Å². The lowest BCUT2D eigenvalue weighted by molar-refractivity contribution is -0.131. The van der Waals surface area contributed by atoms with Gasteiger partial charge in [0.25, 0.3) is 0 Å². The monoisotopic (exact) mass is 208 g/mol. The maximum absolute atomic E-state index is 11.1. The molecule has 0 spiro atoms. The van der Waals surface area contributed by atoms with Gasteiger partial charge in [0.2, 0.25) is 5.91 Å². The predicted octanol–water partition coefficient (Wildman–Crippen LogP) is 0.282. The van der Waals surface area contributed by atoms with E-state index in [1.165, 1.54) is 0 Å². The maximum atomic E-state index is 11.1. The summed E-state index contributed by atoms with van der Waals surface area (Å²) < 4.78 is 1.87. The number of aryl methyl sites for hydroxylation is 1. The molecular formula is C10H12N2O3. The second kappa shape index (κ2) is 4.99. The van der Waals surface area contributed by atoms with Crippen LogP contribution in [0.3, 0.4) is 0 Å². The predicted molar refractivity (Wildman–Crippen MR) is 54.0 cm³/mol. The molecule has 0 aromatic carbocycles. The van der Waals surface area contributed by atoms with Gasteiger partial charge in [0.15, 0.2) is 0 Å². The van der Waals surface area contributed by atoms with Crippen LogP contribution >= 0.6 is 0 Å². The first kappa shape index (κ1) is 11.0. The third-order valence-electron chi connectivity index (χ3n) is 1.74.